The Kier molecular flexibility index (Phi) is 4.36. The molecule has 0 bridgehead atoms. The molecule has 1 aliphatic rings. The van der Waals surface area contributed by atoms with Gasteiger partial charge < -0.3 is 9.30 Å². The highest BCUT2D eigenvalue weighted by molar-refractivity contribution is 6.15. The Morgan fingerprint density at radius 1 is 0.425 bits per heavy atom. The number of nitrogens with zero attached hydrogens (tertiary/aromatic N) is 1. The normalized spacial score (nSPS) is 12.2. The lowest BCUT2D eigenvalue weighted by atomic mass is 9.91. The zero-order chi connectivity index (χ0) is 26.2. The summed E-state index contributed by atoms with van der Waals surface area (Å²) in [4.78, 5) is 0. The maximum Gasteiger partial charge on any atom is 0.135 e. The molecule has 7 aromatic carbocycles. The Hall–Kier alpha value is -5.34. The van der Waals surface area contributed by atoms with Crippen LogP contribution in [0.2, 0.25) is 0 Å². The van der Waals surface area contributed by atoms with Crippen LogP contribution in [0.1, 0.15) is 0 Å². The van der Waals surface area contributed by atoms with E-state index in [1.807, 2.05) is 0 Å². The number of fused-ring (bicyclic) bond motifs is 6. The van der Waals surface area contributed by atoms with Gasteiger partial charge in [-0.3, -0.25) is 0 Å². The van der Waals surface area contributed by atoms with Crippen molar-refractivity contribution in [2.24, 2.45) is 0 Å². The molecule has 1 aromatic heterocycles. The number of hydrogen-bond donors (Lipinski definition) is 0. The topological polar surface area (TPSA) is 14.2 Å². The second-order valence-electron chi connectivity index (χ2n) is 10.6. The van der Waals surface area contributed by atoms with Gasteiger partial charge in [-0.2, -0.15) is 0 Å². The van der Waals surface area contributed by atoms with Gasteiger partial charge in [0.2, 0.25) is 0 Å². The number of ether oxygens (including phenoxy) is 1. The van der Waals surface area contributed by atoms with E-state index in [2.05, 4.69) is 144 Å². The average Bonchev–Trinajstić information content (AvgIpc) is 3.33. The van der Waals surface area contributed by atoms with E-state index in [9.17, 15) is 0 Å². The molecular weight excluding hydrogens is 486 g/mol. The Balaban J connectivity index is 1.30. The smallest absolute Gasteiger partial charge is 0.135 e. The molecule has 0 radical (unpaired) electrons. The van der Waals surface area contributed by atoms with E-state index in [1.54, 1.807) is 0 Å². The Labute approximate surface area is 231 Å². The molecule has 0 unspecified atom stereocenters. The monoisotopic (exact) mass is 509 g/mol. The molecule has 40 heavy (non-hydrogen) atoms. The van der Waals surface area contributed by atoms with Crippen LogP contribution in [0.25, 0.3) is 71.3 Å². The lowest BCUT2D eigenvalue weighted by molar-refractivity contribution is 0.487. The molecule has 2 heteroatoms. The van der Waals surface area contributed by atoms with Crippen LogP contribution in [0.5, 0.6) is 11.5 Å². The van der Waals surface area contributed by atoms with Gasteiger partial charge in [0.05, 0.1) is 11.0 Å². The Bertz CT molecular complexity index is 2290. The first kappa shape index (κ1) is 21.6. The number of hydrogen-bond acceptors (Lipinski definition) is 1. The zero-order valence-corrected chi connectivity index (χ0v) is 21.6. The molecule has 0 atom stereocenters. The van der Waals surface area contributed by atoms with Crippen molar-refractivity contribution in [2.45, 2.75) is 0 Å². The van der Waals surface area contributed by atoms with E-state index < -0.39 is 0 Å². The minimum atomic E-state index is 0.906. The molecule has 2 nitrogen and oxygen atoms in total. The van der Waals surface area contributed by atoms with Gasteiger partial charge in [0.25, 0.3) is 0 Å². The average molecular weight is 510 g/mol. The second kappa shape index (κ2) is 8.08. The number of aromatic nitrogens is 1. The van der Waals surface area contributed by atoms with E-state index in [0.29, 0.717) is 0 Å². The van der Waals surface area contributed by atoms with Gasteiger partial charge in [-0.1, -0.05) is 91.0 Å². The van der Waals surface area contributed by atoms with Gasteiger partial charge in [0.15, 0.2) is 0 Å². The molecule has 2 heterocycles. The van der Waals surface area contributed by atoms with Crippen LogP contribution in [0, 0.1) is 0 Å². The molecule has 0 N–H and O–H groups in total. The van der Waals surface area contributed by atoms with E-state index in [4.69, 9.17) is 4.74 Å². The van der Waals surface area contributed by atoms with E-state index >= 15 is 0 Å². The molecule has 0 saturated carbocycles. The fraction of sp³-hybridized carbons (Fsp3) is 0. The zero-order valence-electron chi connectivity index (χ0n) is 21.6. The van der Waals surface area contributed by atoms with Gasteiger partial charge in [-0.25, -0.2) is 0 Å². The fourth-order valence-corrected chi connectivity index (χ4v) is 6.58. The highest BCUT2D eigenvalue weighted by Crippen LogP contribution is 2.48. The highest BCUT2D eigenvalue weighted by atomic mass is 16.5. The minimum Gasteiger partial charge on any atom is -0.456 e. The molecule has 186 valence electrons. The Morgan fingerprint density at radius 3 is 2.10 bits per heavy atom. The highest BCUT2D eigenvalue weighted by Gasteiger charge is 2.21. The molecule has 0 saturated heterocycles. The van der Waals surface area contributed by atoms with Crippen molar-refractivity contribution in [3.63, 3.8) is 0 Å². The third-order valence-corrected chi connectivity index (χ3v) is 8.35. The van der Waals surface area contributed by atoms with Crippen LogP contribution >= 0.6 is 0 Å². The van der Waals surface area contributed by atoms with Crippen LogP contribution < -0.4 is 4.74 Å². The molecule has 1 aliphatic heterocycles. The minimum absolute atomic E-state index is 0.906. The molecule has 0 aliphatic carbocycles. The Morgan fingerprint density at radius 2 is 1.20 bits per heavy atom. The van der Waals surface area contributed by atoms with Crippen molar-refractivity contribution in [1.82, 2.24) is 4.57 Å². The molecular formula is C38H23NO. The maximum atomic E-state index is 6.38. The molecule has 9 rings (SSSR count). The second-order valence-corrected chi connectivity index (χ2v) is 10.6. The molecule has 0 fully saturated rings. The van der Waals surface area contributed by atoms with Crippen molar-refractivity contribution in [3.8, 4) is 39.4 Å². The van der Waals surface area contributed by atoms with Crippen LogP contribution in [-0.4, -0.2) is 4.57 Å². The summed E-state index contributed by atoms with van der Waals surface area (Å²) >= 11 is 0. The van der Waals surface area contributed by atoms with Crippen molar-refractivity contribution >= 4 is 43.4 Å². The summed E-state index contributed by atoms with van der Waals surface area (Å²) in [6, 6.07) is 50.1. The molecule has 0 amide bonds. The summed E-state index contributed by atoms with van der Waals surface area (Å²) in [5.74, 6) is 1.83. The first-order chi connectivity index (χ1) is 19.8. The van der Waals surface area contributed by atoms with E-state index in [-0.39, 0.29) is 0 Å². The third kappa shape index (κ3) is 2.99. The van der Waals surface area contributed by atoms with Crippen LogP contribution in [0.3, 0.4) is 0 Å². The number of benzene rings is 7. The van der Waals surface area contributed by atoms with Crippen molar-refractivity contribution in [3.05, 3.63) is 140 Å². The van der Waals surface area contributed by atoms with Crippen LogP contribution in [0.4, 0.5) is 0 Å². The van der Waals surface area contributed by atoms with Gasteiger partial charge in [-0.05, 0) is 81.4 Å². The quantitative estimate of drug-likeness (QED) is 0.226. The number of para-hydroxylation sites is 2. The van der Waals surface area contributed by atoms with Crippen molar-refractivity contribution < 1.29 is 4.74 Å². The van der Waals surface area contributed by atoms with Crippen molar-refractivity contribution in [2.75, 3.05) is 0 Å². The maximum absolute atomic E-state index is 6.38. The van der Waals surface area contributed by atoms with Gasteiger partial charge >= 0.3 is 0 Å². The summed E-state index contributed by atoms with van der Waals surface area (Å²) < 4.78 is 8.76. The number of rotatable bonds is 2. The van der Waals surface area contributed by atoms with Crippen LogP contribution in [-0.2, 0) is 0 Å². The summed E-state index contributed by atoms with van der Waals surface area (Å²) in [5.41, 5.74) is 8.40. The summed E-state index contributed by atoms with van der Waals surface area (Å²) in [5, 5.41) is 7.39. The standard InChI is InChI=1S/C38H23NO/c1-2-12-27(13-3-1)39-34-17-5-4-14-29(34)32-23-31-25(22-35(32)39)11-7-15-28(31)26-19-20-36-33(21-26)30-16-6-9-24-10-8-18-37(40-36)38(24)30/h1-23H. The molecule has 0 spiro atoms. The van der Waals surface area contributed by atoms with E-state index in [0.717, 1.165) is 17.1 Å². The lowest BCUT2D eigenvalue weighted by Gasteiger charge is -2.22. The first-order valence-corrected chi connectivity index (χ1v) is 13.7. The first-order valence-electron chi connectivity index (χ1n) is 13.7. The SMILES string of the molecule is c1ccc(-n2c3ccccc3c3cc4c(-c5ccc6c(c5)-c5cccc7cccc(c57)O6)cccc4cc32)cc1. The largest absolute Gasteiger partial charge is 0.456 e. The predicted molar refractivity (Wildman–Crippen MR) is 167 cm³/mol. The summed E-state index contributed by atoms with van der Waals surface area (Å²) in [7, 11) is 0. The third-order valence-electron chi connectivity index (χ3n) is 8.35. The van der Waals surface area contributed by atoms with Gasteiger partial charge in [0.1, 0.15) is 11.5 Å². The summed E-state index contributed by atoms with van der Waals surface area (Å²) in [6.07, 6.45) is 0. The predicted octanol–water partition coefficient (Wildman–Crippen LogP) is 10.5. The van der Waals surface area contributed by atoms with Gasteiger partial charge in [0, 0.05) is 27.4 Å². The van der Waals surface area contributed by atoms with E-state index in [1.165, 1.54) is 65.7 Å². The lowest BCUT2D eigenvalue weighted by Crippen LogP contribution is -1.97. The van der Waals surface area contributed by atoms with Crippen molar-refractivity contribution in [1.29, 1.82) is 0 Å². The van der Waals surface area contributed by atoms with Crippen LogP contribution in [0.15, 0.2) is 140 Å². The summed E-state index contributed by atoms with van der Waals surface area (Å²) in [6.45, 7) is 0. The molecule has 8 aromatic rings. The van der Waals surface area contributed by atoms with Gasteiger partial charge in [-0.15, -0.1) is 0 Å². The fourth-order valence-electron chi connectivity index (χ4n) is 6.58.